The maximum Gasteiger partial charge on any atom is 0.358 e. The van der Waals surface area contributed by atoms with Crippen LogP contribution in [0.2, 0.25) is 0 Å². The van der Waals surface area contributed by atoms with Gasteiger partial charge in [-0.2, -0.15) is 5.10 Å². The summed E-state index contributed by atoms with van der Waals surface area (Å²) in [6.07, 6.45) is 1.47. The number of carboxylic acid groups (broad SMARTS) is 1. The first kappa shape index (κ1) is 13.7. The molecule has 2 rings (SSSR count). The Kier molecular flexibility index (Phi) is 4.09. The highest BCUT2D eigenvalue weighted by Gasteiger charge is 2.13. The van der Waals surface area contributed by atoms with E-state index in [4.69, 9.17) is 20.3 Å². The molecule has 7 heteroatoms. The van der Waals surface area contributed by atoms with E-state index in [1.165, 1.54) is 10.9 Å². The summed E-state index contributed by atoms with van der Waals surface area (Å²) in [5, 5.41) is 12.7. The number of aromatic carboxylic acids is 1. The molecule has 2 aromatic rings. The Morgan fingerprint density at radius 2 is 2.10 bits per heavy atom. The zero-order valence-corrected chi connectivity index (χ0v) is 10.9. The van der Waals surface area contributed by atoms with Gasteiger partial charge >= 0.3 is 5.97 Å². The summed E-state index contributed by atoms with van der Waals surface area (Å²) in [5.41, 5.74) is 5.53. The fourth-order valence-corrected chi connectivity index (χ4v) is 1.70. The second-order valence-corrected chi connectivity index (χ2v) is 4.00. The zero-order valence-electron chi connectivity index (χ0n) is 10.9. The number of rotatable bonds is 6. The van der Waals surface area contributed by atoms with Crippen LogP contribution < -0.4 is 15.2 Å². The molecule has 1 heterocycles. The topological polar surface area (TPSA) is 99.6 Å². The number of carbonyl (C=O) groups is 1. The molecule has 0 saturated heterocycles. The van der Waals surface area contributed by atoms with Gasteiger partial charge in [-0.05, 0) is 12.1 Å². The highest BCUT2D eigenvalue weighted by atomic mass is 16.5. The van der Waals surface area contributed by atoms with E-state index in [-0.39, 0.29) is 11.4 Å². The van der Waals surface area contributed by atoms with Gasteiger partial charge in [-0.1, -0.05) is 12.1 Å². The van der Waals surface area contributed by atoms with Crippen molar-refractivity contribution in [1.82, 2.24) is 9.78 Å². The molecule has 0 atom stereocenters. The van der Waals surface area contributed by atoms with Gasteiger partial charge in [-0.25, -0.2) is 4.79 Å². The van der Waals surface area contributed by atoms with Gasteiger partial charge in [-0.3, -0.25) is 4.68 Å². The number of aromatic nitrogens is 2. The van der Waals surface area contributed by atoms with Crippen molar-refractivity contribution < 1.29 is 19.4 Å². The Bertz CT molecular complexity index is 609. The molecular weight excluding hydrogens is 262 g/mol. The molecule has 0 amide bonds. The fourth-order valence-electron chi connectivity index (χ4n) is 1.70. The quantitative estimate of drug-likeness (QED) is 0.824. The number of ether oxygens (including phenoxy) is 2. The molecule has 0 spiro atoms. The first-order valence-electron chi connectivity index (χ1n) is 5.94. The van der Waals surface area contributed by atoms with Crippen molar-refractivity contribution in [1.29, 1.82) is 0 Å². The number of nitrogens with two attached hydrogens (primary N) is 1. The molecule has 3 N–H and O–H groups in total. The molecule has 7 nitrogen and oxygen atoms in total. The van der Waals surface area contributed by atoms with Crippen LogP contribution in [0.3, 0.4) is 0 Å². The average molecular weight is 277 g/mol. The molecule has 0 saturated carbocycles. The molecule has 106 valence electrons. The van der Waals surface area contributed by atoms with Crippen molar-refractivity contribution in [2.45, 2.75) is 6.54 Å². The van der Waals surface area contributed by atoms with Crippen LogP contribution >= 0.6 is 0 Å². The van der Waals surface area contributed by atoms with E-state index < -0.39 is 5.97 Å². The van der Waals surface area contributed by atoms with Gasteiger partial charge in [0.15, 0.2) is 17.2 Å². The van der Waals surface area contributed by atoms with Gasteiger partial charge < -0.3 is 20.3 Å². The summed E-state index contributed by atoms with van der Waals surface area (Å²) in [7, 11) is 1.57. The van der Waals surface area contributed by atoms with Crippen molar-refractivity contribution in [3.63, 3.8) is 0 Å². The minimum absolute atomic E-state index is 0.134. The molecule has 0 radical (unpaired) electrons. The Hall–Kier alpha value is -2.70. The second kappa shape index (κ2) is 5.96. The summed E-state index contributed by atoms with van der Waals surface area (Å²) < 4.78 is 12.2. The van der Waals surface area contributed by atoms with Crippen molar-refractivity contribution in [2.75, 3.05) is 19.5 Å². The van der Waals surface area contributed by atoms with E-state index >= 15 is 0 Å². The largest absolute Gasteiger partial charge is 0.493 e. The second-order valence-electron chi connectivity index (χ2n) is 4.00. The van der Waals surface area contributed by atoms with Gasteiger partial charge in [0.1, 0.15) is 6.61 Å². The van der Waals surface area contributed by atoms with Crippen molar-refractivity contribution in [2.24, 2.45) is 0 Å². The Labute approximate surface area is 115 Å². The van der Waals surface area contributed by atoms with Crippen LogP contribution in [-0.4, -0.2) is 34.6 Å². The fraction of sp³-hybridized carbons (Fsp3) is 0.231. The van der Waals surface area contributed by atoms with Crippen LogP contribution in [0.15, 0.2) is 30.5 Å². The minimum Gasteiger partial charge on any atom is -0.493 e. The monoisotopic (exact) mass is 277 g/mol. The highest BCUT2D eigenvalue weighted by Crippen LogP contribution is 2.25. The van der Waals surface area contributed by atoms with E-state index in [2.05, 4.69) is 5.10 Å². The molecule has 0 aliphatic rings. The molecule has 0 aliphatic heterocycles. The van der Waals surface area contributed by atoms with Crippen LogP contribution in [0, 0.1) is 0 Å². The van der Waals surface area contributed by atoms with Crippen LogP contribution in [0.4, 0.5) is 5.69 Å². The molecule has 1 aromatic heterocycles. The van der Waals surface area contributed by atoms with E-state index in [1.54, 1.807) is 19.2 Å². The summed E-state index contributed by atoms with van der Waals surface area (Å²) in [6.45, 7) is 0.704. The molecular formula is C13H15N3O4. The Balaban J connectivity index is 1.96. The first-order valence-corrected chi connectivity index (χ1v) is 5.94. The normalized spacial score (nSPS) is 10.2. The van der Waals surface area contributed by atoms with Crippen LogP contribution in [0.5, 0.6) is 11.5 Å². The highest BCUT2D eigenvalue weighted by molar-refractivity contribution is 5.91. The summed E-state index contributed by atoms with van der Waals surface area (Å²) in [6, 6.07) is 7.27. The number of hydrogen-bond donors (Lipinski definition) is 2. The summed E-state index contributed by atoms with van der Waals surface area (Å²) in [5.74, 6) is 0.110. The number of para-hydroxylation sites is 2. The average Bonchev–Trinajstić information content (AvgIpc) is 2.80. The number of carboxylic acids is 1. The minimum atomic E-state index is -1.15. The van der Waals surface area contributed by atoms with Gasteiger partial charge in [0, 0.05) is 6.20 Å². The number of nitrogens with zero attached hydrogens (tertiary/aromatic N) is 2. The maximum absolute atomic E-state index is 10.8. The van der Waals surface area contributed by atoms with E-state index in [0.717, 1.165) is 0 Å². The maximum atomic E-state index is 10.8. The van der Waals surface area contributed by atoms with E-state index in [1.807, 2.05) is 12.1 Å². The van der Waals surface area contributed by atoms with Crippen molar-refractivity contribution in [3.05, 3.63) is 36.2 Å². The number of anilines is 1. The Morgan fingerprint density at radius 3 is 2.70 bits per heavy atom. The molecule has 20 heavy (non-hydrogen) atoms. The van der Waals surface area contributed by atoms with Gasteiger partial charge in [0.2, 0.25) is 0 Å². The third kappa shape index (κ3) is 3.00. The van der Waals surface area contributed by atoms with Crippen LogP contribution in [0.1, 0.15) is 10.5 Å². The van der Waals surface area contributed by atoms with Gasteiger partial charge in [-0.15, -0.1) is 0 Å². The van der Waals surface area contributed by atoms with Crippen LogP contribution in [-0.2, 0) is 6.54 Å². The lowest BCUT2D eigenvalue weighted by molar-refractivity contribution is 0.0690. The predicted octanol–water partition coefficient (Wildman–Crippen LogP) is 1.25. The Morgan fingerprint density at radius 1 is 1.40 bits per heavy atom. The smallest absolute Gasteiger partial charge is 0.358 e. The lowest BCUT2D eigenvalue weighted by Gasteiger charge is -2.10. The third-order valence-corrected chi connectivity index (χ3v) is 2.64. The first-order chi connectivity index (χ1) is 9.61. The lowest BCUT2D eigenvalue weighted by Crippen LogP contribution is -2.10. The molecule has 0 bridgehead atoms. The SMILES string of the molecule is COc1ccccc1OCCn1cc(N)c(C(=O)O)n1. The zero-order chi connectivity index (χ0) is 14.5. The van der Waals surface area contributed by atoms with Gasteiger partial charge in [0.05, 0.1) is 19.3 Å². The van der Waals surface area contributed by atoms with E-state index in [0.29, 0.717) is 24.7 Å². The standard InChI is InChI=1S/C13H15N3O4/c1-19-10-4-2-3-5-11(10)20-7-6-16-8-9(14)12(15-16)13(17)18/h2-5,8H,6-7,14H2,1H3,(H,17,18). The number of methoxy groups -OCH3 is 1. The number of benzene rings is 1. The lowest BCUT2D eigenvalue weighted by atomic mass is 10.3. The third-order valence-electron chi connectivity index (χ3n) is 2.64. The molecule has 0 unspecified atom stereocenters. The summed E-state index contributed by atoms with van der Waals surface area (Å²) >= 11 is 0. The van der Waals surface area contributed by atoms with Crippen molar-refractivity contribution >= 4 is 11.7 Å². The molecule has 1 aromatic carbocycles. The van der Waals surface area contributed by atoms with E-state index in [9.17, 15) is 4.79 Å². The predicted molar refractivity (Wildman–Crippen MR) is 72.1 cm³/mol. The van der Waals surface area contributed by atoms with Gasteiger partial charge in [0.25, 0.3) is 0 Å². The van der Waals surface area contributed by atoms with Crippen molar-refractivity contribution in [3.8, 4) is 11.5 Å². The summed E-state index contributed by atoms with van der Waals surface area (Å²) in [4.78, 5) is 10.8. The molecule has 0 aliphatic carbocycles. The number of nitrogen functional groups attached to an aromatic ring is 1. The molecule has 0 fully saturated rings. The number of hydrogen-bond acceptors (Lipinski definition) is 5. The van der Waals surface area contributed by atoms with Crippen LogP contribution in [0.25, 0.3) is 0 Å².